The number of hydrazone groups is 1. The van der Waals surface area contributed by atoms with Gasteiger partial charge >= 0.3 is 0 Å². The molecule has 2 aliphatic heterocycles. The van der Waals surface area contributed by atoms with Crippen molar-refractivity contribution in [3.05, 3.63) is 53.5 Å². The van der Waals surface area contributed by atoms with Gasteiger partial charge in [-0.05, 0) is 24.3 Å². The molecule has 25 heavy (non-hydrogen) atoms. The molecule has 2 aromatic heterocycles. The Morgan fingerprint density at radius 2 is 1.84 bits per heavy atom. The highest BCUT2D eigenvalue weighted by Gasteiger charge is 2.26. The van der Waals surface area contributed by atoms with E-state index in [9.17, 15) is 0 Å². The van der Waals surface area contributed by atoms with Crippen LogP contribution in [0.1, 0.15) is 23.2 Å². The molecule has 1 N–H and O–H groups in total. The van der Waals surface area contributed by atoms with E-state index in [1.807, 2.05) is 43.6 Å². The van der Waals surface area contributed by atoms with E-state index in [0.29, 0.717) is 0 Å². The van der Waals surface area contributed by atoms with Crippen molar-refractivity contribution in [3.63, 3.8) is 0 Å². The quantitative estimate of drug-likeness (QED) is 0.785. The van der Waals surface area contributed by atoms with E-state index in [4.69, 9.17) is 4.98 Å². The average molecular weight is 335 g/mol. The summed E-state index contributed by atoms with van der Waals surface area (Å²) in [6, 6.07) is 11.9. The second-order valence-corrected chi connectivity index (χ2v) is 6.10. The number of nitrogens with one attached hydrogen (secondary N) is 1. The molecule has 0 unspecified atom stereocenters. The number of aromatic nitrogens is 2. The van der Waals surface area contributed by atoms with E-state index < -0.39 is 0 Å². The highest BCUT2D eigenvalue weighted by molar-refractivity contribution is 5.79. The van der Waals surface area contributed by atoms with E-state index in [0.717, 1.165) is 49.1 Å². The van der Waals surface area contributed by atoms with Crippen molar-refractivity contribution in [1.29, 1.82) is 0 Å². The Morgan fingerprint density at radius 1 is 1.00 bits per heavy atom. The third-order valence-electron chi connectivity index (χ3n) is 4.36. The van der Waals surface area contributed by atoms with E-state index in [1.54, 1.807) is 11.2 Å². The van der Waals surface area contributed by atoms with Crippen molar-refractivity contribution in [2.45, 2.75) is 6.17 Å². The van der Waals surface area contributed by atoms with Crippen LogP contribution in [-0.4, -0.2) is 60.5 Å². The molecular formula is C18H21N7. The van der Waals surface area contributed by atoms with Gasteiger partial charge in [0.15, 0.2) is 0 Å². The second-order valence-electron chi connectivity index (χ2n) is 6.10. The van der Waals surface area contributed by atoms with Gasteiger partial charge in [0.05, 0.1) is 29.8 Å². The molecule has 0 spiro atoms. The summed E-state index contributed by atoms with van der Waals surface area (Å²) in [6.45, 7) is 3.57. The molecule has 0 amide bonds. The topological polar surface area (TPSA) is 69.0 Å². The van der Waals surface area contributed by atoms with E-state index in [-0.39, 0.29) is 6.17 Å². The Morgan fingerprint density at radius 3 is 2.76 bits per heavy atom. The van der Waals surface area contributed by atoms with Crippen LogP contribution in [0.2, 0.25) is 0 Å². The van der Waals surface area contributed by atoms with Gasteiger partial charge in [0, 0.05) is 32.9 Å². The highest BCUT2D eigenvalue weighted by Crippen LogP contribution is 2.19. The number of rotatable bonds is 0. The molecule has 2 aliphatic rings. The fraction of sp³-hybridized carbons (Fsp3) is 0.333. The van der Waals surface area contributed by atoms with Gasteiger partial charge in [0.25, 0.3) is 0 Å². The number of nitrogens with zero attached hydrogens (tertiary/aromatic N) is 6. The predicted octanol–water partition coefficient (Wildman–Crippen LogP) is 1.28. The molecule has 7 heteroatoms. The van der Waals surface area contributed by atoms with Gasteiger partial charge in [0.2, 0.25) is 0 Å². The summed E-state index contributed by atoms with van der Waals surface area (Å²) < 4.78 is 0. The molecule has 128 valence electrons. The Labute approximate surface area is 147 Å². The number of aliphatic imine (C=N–C) groups is 1. The van der Waals surface area contributed by atoms with Crippen LogP contribution in [0.5, 0.6) is 0 Å². The molecule has 1 atom stereocenters. The largest absolute Gasteiger partial charge is 0.295 e. The third-order valence-corrected chi connectivity index (χ3v) is 4.36. The lowest BCUT2D eigenvalue weighted by molar-refractivity contribution is 0.247. The maximum atomic E-state index is 4.75. The number of hydrogen-bond acceptors (Lipinski definition) is 7. The summed E-state index contributed by atoms with van der Waals surface area (Å²) in [7, 11) is 1.88. The fourth-order valence-electron chi connectivity index (χ4n) is 3.07. The molecule has 4 bridgehead atoms. The van der Waals surface area contributed by atoms with Gasteiger partial charge in [0.1, 0.15) is 12.0 Å². The summed E-state index contributed by atoms with van der Waals surface area (Å²) in [5, 5.41) is 9.73. The predicted molar refractivity (Wildman–Crippen MR) is 99.2 cm³/mol. The molecule has 2 aromatic rings. The number of pyridine rings is 2. The second kappa shape index (κ2) is 7.08. The highest BCUT2D eigenvalue weighted by atomic mass is 15.5. The minimum absolute atomic E-state index is 0.130. The standard InChI is InChI=1S/C18H21N7/c1-24-17-7-3-5-14(23-17)12-19-8-10-25-11-9-20-18(25)16-6-2-4-15(22-16)13-21-24/h2-7,12-13,18,20H,8-11H2,1H3/b19-12?,21-13+/t18-/m0/s1. The monoisotopic (exact) mass is 335 g/mol. The minimum atomic E-state index is 0.130. The first-order chi connectivity index (χ1) is 12.3. The number of hydrogen-bond donors (Lipinski definition) is 1. The first kappa shape index (κ1) is 15.9. The van der Waals surface area contributed by atoms with Gasteiger partial charge in [-0.1, -0.05) is 12.1 Å². The summed E-state index contributed by atoms with van der Waals surface area (Å²) >= 11 is 0. The van der Waals surface area contributed by atoms with Gasteiger partial charge in [-0.25, -0.2) is 9.97 Å². The Bertz CT molecular complexity index is 802. The van der Waals surface area contributed by atoms with Crippen LogP contribution < -0.4 is 10.3 Å². The maximum absolute atomic E-state index is 4.75. The SMILES string of the molecule is CN1/N=C/c2cccc(n2)[C@H]2NCCN2CCN=Cc2cccc1n2. The van der Waals surface area contributed by atoms with Crippen LogP contribution in [0.3, 0.4) is 0 Å². The first-order valence-electron chi connectivity index (χ1n) is 8.48. The third kappa shape index (κ3) is 3.57. The van der Waals surface area contributed by atoms with Crippen LogP contribution in [0.25, 0.3) is 0 Å². The lowest BCUT2D eigenvalue weighted by atomic mass is 10.2. The smallest absolute Gasteiger partial charge is 0.149 e. The Kier molecular flexibility index (Phi) is 4.49. The Balaban J connectivity index is 1.71. The van der Waals surface area contributed by atoms with Crippen molar-refractivity contribution >= 4 is 18.2 Å². The maximum Gasteiger partial charge on any atom is 0.149 e. The molecule has 0 aromatic carbocycles. The van der Waals surface area contributed by atoms with Crippen molar-refractivity contribution < 1.29 is 0 Å². The molecule has 1 saturated heterocycles. The van der Waals surface area contributed by atoms with Crippen LogP contribution in [0, 0.1) is 0 Å². The zero-order chi connectivity index (χ0) is 17.1. The van der Waals surface area contributed by atoms with Crippen LogP contribution in [0.4, 0.5) is 5.82 Å². The van der Waals surface area contributed by atoms with E-state index in [1.165, 1.54) is 0 Å². The zero-order valence-corrected chi connectivity index (χ0v) is 14.2. The van der Waals surface area contributed by atoms with Gasteiger partial charge in [-0.2, -0.15) is 5.10 Å². The van der Waals surface area contributed by atoms with Crippen LogP contribution in [0.15, 0.2) is 46.5 Å². The molecular weight excluding hydrogens is 314 g/mol. The molecule has 7 nitrogen and oxygen atoms in total. The first-order valence-corrected chi connectivity index (χ1v) is 8.48. The Hall–Kier alpha value is -2.64. The van der Waals surface area contributed by atoms with Gasteiger partial charge < -0.3 is 0 Å². The lowest BCUT2D eigenvalue weighted by Gasteiger charge is -2.22. The fourth-order valence-corrected chi connectivity index (χ4v) is 3.07. The normalized spacial score (nSPS) is 22.1. The minimum Gasteiger partial charge on any atom is -0.295 e. The van der Waals surface area contributed by atoms with E-state index in [2.05, 4.69) is 31.4 Å². The average Bonchev–Trinajstić information content (AvgIpc) is 3.12. The zero-order valence-electron chi connectivity index (χ0n) is 14.2. The van der Waals surface area contributed by atoms with Crippen LogP contribution in [-0.2, 0) is 0 Å². The summed E-state index contributed by atoms with van der Waals surface area (Å²) in [4.78, 5) is 16.2. The van der Waals surface area contributed by atoms with Crippen molar-refractivity contribution in [1.82, 2.24) is 20.2 Å². The molecule has 0 saturated carbocycles. The molecule has 0 radical (unpaired) electrons. The van der Waals surface area contributed by atoms with Crippen molar-refractivity contribution in [2.75, 3.05) is 38.2 Å². The number of anilines is 1. The molecule has 0 aliphatic carbocycles. The number of fused-ring (bicyclic) bond motifs is 6. The van der Waals surface area contributed by atoms with Crippen molar-refractivity contribution in [3.8, 4) is 0 Å². The molecule has 4 heterocycles. The summed E-state index contributed by atoms with van der Waals surface area (Å²) in [5.41, 5.74) is 2.69. The van der Waals surface area contributed by atoms with Crippen LogP contribution >= 0.6 is 0 Å². The van der Waals surface area contributed by atoms with Gasteiger partial charge in [-0.3, -0.25) is 20.2 Å². The molecule has 4 rings (SSSR count). The van der Waals surface area contributed by atoms with Crippen molar-refractivity contribution in [2.24, 2.45) is 10.1 Å². The van der Waals surface area contributed by atoms with E-state index >= 15 is 0 Å². The lowest BCUT2D eigenvalue weighted by Crippen LogP contribution is -2.30. The molecule has 1 fully saturated rings. The summed E-state index contributed by atoms with van der Waals surface area (Å²) in [6.07, 6.45) is 3.73. The summed E-state index contributed by atoms with van der Waals surface area (Å²) in [5.74, 6) is 0.772. The van der Waals surface area contributed by atoms with Gasteiger partial charge in [-0.15, -0.1) is 0 Å².